The summed E-state index contributed by atoms with van der Waals surface area (Å²) < 4.78 is 0. The molecule has 164 valence electrons. The largest absolute Gasteiger partial charge is 0.350 e. The van der Waals surface area contributed by atoms with Gasteiger partial charge in [0, 0.05) is 17.6 Å². The average molecular weight is 438 g/mol. The smallest absolute Gasteiger partial charge is 0.243 e. The number of hydrogen-bond acceptors (Lipinski definition) is 6. The molecule has 2 aromatic heterocycles. The number of aryl methyl sites for hydroxylation is 4. The molecule has 1 aliphatic heterocycles. The summed E-state index contributed by atoms with van der Waals surface area (Å²) in [6.07, 6.45) is 2.48. The van der Waals surface area contributed by atoms with Gasteiger partial charge in [-0.25, -0.2) is 9.97 Å². The summed E-state index contributed by atoms with van der Waals surface area (Å²) >= 11 is 1.71. The number of fused-ring (bicyclic) bond motifs is 1. The number of nitrogens with one attached hydrogen (secondary N) is 1. The Morgan fingerprint density at radius 3 is 2.48 bits per heavy atom. The number of nitrogens with zero attached hydrogens (tertiary/aromatic N) is 4. The molecule has 1 N–H and O–H groups in total. The average Bonchev–Trinajstić information content (AvgIpc) is 3.32. The van der Waals surface area contributed by atoms with Gasteiger partial charge in [0.05, 0.1) is 18.5 Å². The molecule has 3 heterocycles. The van der Waals surface area contributed by atoms with Gasteiger partial charge in [-0.15, -0.1) is 11.3 Å². The van der Waals surface area contributed by atoms with Crippen LogP contribution in [0.25, 0.3) is 10.2 Å². The third-order valence-electron chi connectivity index (χ3n) is 6.11. The number of likely N-dealkylation sites (tertiary alicyclic amines) is 1. The van der Waals surface area contributed by atoms with Crippen molar-refractivity contribution in [3.05, 3.63) is 45.6 Å². The molecule has 6 nitrogen and oxygen atoms in total. The van der Waals surface area contributed by atoms with Crippen molar-refractivity contribution in [1.82, 2.24) is 14.9 Å². The van der Waals surface area contributed by atoms with Gasteiger partial charge in [0.15, 0.2) is 0 Å². The minimum absolute atomic E-state index is 0.0441. The van der Waals surface area contributed by atoms with Crippen LogP contribution in [0.4, 0.5) is 11.5 Å². The molecule has 0 aliphatic carbocycles. The highest BCUT2D eigenvalue weighted by molar-refractivity contribution is 7.18. The molecule has 1 saturated heterocycles. The monoisotopic (exact) mass is 437 g/mol. The number of aromatic nitrogens is 2. The lowest BCUT2D eigenvalue weighted by molar-refractivity contribution is -0.114. The van der Waals surface area contributed by atoms with E-state index in [0.29, 0.717) is 0 Å². The number of amides is 1. The van der Waals surface area contributed by atoms with E-state index in [9.17, 15) is 4.79 Å². The summed E-state index contributed by atoms with van der Waals surface area (Å²) in [4.78, 5) is 29.3. The first-order valence-corrected chi connectivity index (χ1v) is 11.7. The zero-order valence-corrected chi connectivity index (χ0v) is 19.9. The van der Waals surface area contributed by atoms with Crippen molar-refractivity contribution in [2.24, 2.45) is 0 Å². The maximum atomic E-state index is 12.9. The Hall–Kier alpha value is -2.51. The second kappa shape index (κ2) is 8.93. The predicted octanol–water partition coefficient (Wildman–Crippen LogP) is 4.60. The Bertz CT molecular complexity index is 1100. The van der Waals surface area contributed by atoms with Gasteiger partial charge in [-0.05, 0) is 70.3 Å². The molecular formula is C24H31N5OS. The first-order chi connectivity index (χ1) is 14.8. The van der Waals surface area contributed by atoms with Gasteiger partial charge >= 0.3 is 0 Å². The third-order valence-corrected chi connectivity index (χ3v) is 7.21. The molecule has 1 aromatic carbocycles. The van der Waals surface area contributed by atoms with Crippen molar-refractivity contribution in [1.29, 1.82) is 0 Å². The standard InChI is InChI=1S/C24H31N5OS/c1-15-9-8-10-16(2)22(15)27-20(30)14-28(5)23-21-17(3)18(4)31-24(21)26-19(25-23)13-29-11-6-7-12-29/h8-10H,6-7,11-14H2,1-5H3,(H,27,30). The van der Waals surface area contributed by atoms with Gasteiger partial charge in [-0.2, -0.15) is 0 Å². The summed E-state index contributed by atoms with van der Waals surface area (Å²) in [6.45, 7) is 11.5. The maximum absolute atomic E-state index is 12.9. The summed E-state index contributed by atoms with van der Waals surface area (Å²) in [5.41, 5.74) is 4.23. The number of thiophene rings is 1. The van der Waals surface area contributed by atoms with Crippen LogP contribution in [0.1, 0.15) is 40.2 Å². The number of carbonyl (C=O) groups is 1. The van der Waals surface area contributed by atoms with E-state index in [1.54, 1.807) is 11.3 Å². The van der Waals surface area contributed by atoms with E-state index in [2.05, 4.69) is 24.1 Å². The van der Waals surface area contributed by atoms with Gasteiger partial charge in [-0.1, -0.05) is 18.2 Å². The molecule has 0 atom stereocenters. The van der Waals surface area contributed by atoms with E-state index in [-0.39, 0.29) is 12.5 Å². The third kappa shape index (κ3) is 4.57. The second-order valence-electron chi connectivity index (χ2n) is 8.58. The van der Waals surface area contributed by atoms with E-state index in [1.807, 2.05) is 44.0 Å². The van der Waals surface area contributed by atoms with Crippen LogP contribution in [-0.4, -0.2) is 47.5 Å². The van der Waals surface area contributed by atoms with E-state index in [1.165, 1.54) is 23.3 Å². The molecule has 1 fully saturated rings. The van der Waals surface area contributed by atoms with Crippen molar-refractivity contribution < 1.29 is 4.79 Å². The molecule has 0 unspecified atom stereocenters. The van der Waals surface area contributed by atoms with Crippen LogP contribution in [-0.2, 0) is 11.3 Å². The van der Waals surface area contributed by atoms with Crippen molar-refractivity contribution in [2.75, 3.05) is 36.9 Å². The molecule has 1 amide bonds. The molecule has 7 heteroatoms. The molecule has 1 aliphatic rings. The predicted molar refractivity (Wildman–Crippen MR) is 129 cm³/mol. The number of anilines is 2. The Kier molecular flexibility index (Phi) is 6.25. The van der Waals surface area contributed by atoms with Crippen LogP contribution in [0.2, 0.25) is 0 Å². The van der Waals surface area contributed by atoms with E-state index in [4.69, 9.17) is 9.97 Å². The van der Waals surface area contributed by atoms with Gasteiger partial charge in [0.1, 0.15) is 16.5 Å². The topological polar surface area (TPSA) is 61.4 Å². The van der Waals surface area contributed by atoms with Crippen LogP contribution >= 0.6 is 11.3 Å². The SMILES string of the molecule is Cc1cccc(C)c1NC(=O)CN(C)c1nc(CN2CCCC2)nc2sc(C)c(C)c12. The highest BCUT2D eigenvalue weighted by Gasteiger charge is 2.21. The first-order valence-electron chi connectivity index (χ1n) is 10.9. The Morgan fingerprint density at radius 2 is 1.81 bits per heavy atom. The first kappa shape index (κ1) is 21.7. The number of rotatable bonds is 6. The number of likely N-dealkylation sites (N-methyl/N-ethyl adjacent to an activating group) is 1. The number of para-hydroxylation sites is 1. The van der Waals surface area contributed by atoms with Gasteiger partial charge in [0.25, 0.3) is 0 Å². The molecule has 0 radical (unpaired) electrons. The van der Waals surface area contributed by atoms with E-state index >= 15 is 0 Å². The minimum Gasteiger partial charge on any atom is -0.350 e. The Labute approximate surface area is 188 Å². The summed E-state index contributed by atoms with van der Waals surface area (Å²) in [5, 5.41) is 4.16. The summed E-state index contributed by atoms with van der Waals surface area (Å²) in [6, 6.07) is 6.04. The number of benzene rings is 1. The number of hydrogen-bond donors (Lipinski definition) is 1. The zero-order chi connectivity index (χ0) is 22.1. The molecule has 31 heavy (non-hydrogen) atoms. The van der Waals surface area contributed by atoms with Crippen LogP contribution < -0.4 is 10.2 Å². The molecular weight excluding hydrogens is 406 g/mol. The van der Waals surface area contributed by atoms with Crippen LogP contribution in [0.3, 0.4) is 0 Å². The fourth-order valence-electron chi connectivity index (χ4n) is 4.24. The van der Waals surface area contributed by atoms with Crippen molar-refractivity contribution in [3.63, 3.8) is 0 Å². The Morgan fingerprint density at radius 1 is 1.13 bits per heavy atom. The number of carbonyl (C=O) groups excluding carboxylic acids is 1. The summed E-state index contributed by atoms with van der Waals surface area (Å²) in [7, 11) is 1.94. The van der Waals surface area contributed by atoms with Crippen LogP contribution in [0, 0.1) is 27.7 Å². The lowest BCUT2D eigenvalue weighted by Gasteiger charge is -2.21. The maximum Gasteiger partial charge on any atom is 0.243 e. The quantitative estimate of drug-likeness (QED) is 0.611. The van der Waals surface area contributed by atoms with Crippen molar-refractivity contribution in [3.8, 4) is 0 Å². The van der Waals surface area contributed by atoms with Gasteiger partial charge in [0.2, 0.25) is 5.91 Å². The molecule has 4 rings (SSSR count). The fourth-order valence-corrected chi connectivity index (χ4v) is 5.28. The Balaban J connectivity index is 1.61. The molecule has 3 aromatic rings. The zero-order valence-electron chi connectivity index (χ0n) is 19.1. The highest BCUT2D eigenvalue weighted by Crippen LogP contribution is 2.35. The molecule has 0 saturated carbocycles. The van der Waals surface area contributed by atoms with E-state index in [0.717, 1.165) is 58.3 Å². The second-order valence-corrected chi connectivity index (χ2v) is 9.78. The van der Waals surface area contributed by atoms with E-state index < -0.39 is 0 Å². The summed E-state index contributed by atoms with van der Waals surface area (Å²) in [5.74, 6) is 1.64. The van der Waals surface area contributed by atoms with Gasteiger partial charge in [-0.3, -0.25) is 9.69 Å². The molecule has 0 spiro atoms. The van der Waals surface area contributed by atoms with Crippen molar-refractivity contribution >= 4 is 39.0 Å². The normalized spacial score (nSPS) is 14.4. The van der Waals surface area contributed by atoms with Crippen LogP contribution in [0.5, 0.6) is 0 Å². The highest BCUT2D eigenvalue weighted by atomic mass is 32.1. The lowest BCUT2D eigenvalue weighted by atomic mass is 10.1. The van der Waals surface area contributed by atoms with Crippen LogP contribution in [0.15, 0.2) is 18.2 Å². The van der Waals surface area contributed by atoms with Gasteiger partial charge < -0.3 is 10.2 Å². The fraction of sp³-hybridized carbons (Fsp3) is 0.458. The van der Waals surface area contributed by atoms with Crippen molar-refractivity contribution in [2.45, 2.75) is 47.1 Å². The molecule has 0 bridgehead atoms. The minimum atomic E-state index is -0.0441. The lowest BCUT2D eigenvalue weighted by Crippen LogP contribution is -2.31.